The first-order valence-corrected chi connectivity index (χ1v) is 4.89. The smallest absolute Gasteiger partial charge is 0.224 e. The van der Waals surface area contributed by atoms with Gasteiger partial charge in [0.25, 0.3) is 0 Å². The van der Waals surface area contributed by atoms with Gasteiger partial charge in [0.15, 0.2) is 0 Å². The number of phenolic OH excluding ortho intramolecular Hbond substituents is 1. The summed E-state index contributed by atoms with van der Waals surface area (Å²) in [6.45, 7) is 1.21. The molecule has 0 bridgehead atoms. The predicted molar refractivity (Wildman–Crippen MR) is 54.6 cm³/mol. The zero-order valence-electron chi connectivity index (χ0n) is 8.27. The van der Waals surface area contributed by atoms with Crippen LogP contribution in [0, 0.1) is 0 Å². The summed E-state index contributed by atoms with van der Waals surface area (Å²) in [5.41, 5.74) is 0.813. The van der Waals surface area contributed by atoms with Gasteiger partial charge in [-0.2, -0.15) is 0 Å². The molecule has 80 valence electrons. The van der Waals surface area contributed by atoms with Gasteiger partial charge in [-0.25, -0.2) is 0 Å². The van der Waals surface area contributed by atoms with Gasteiger partial charge in [-0.15, -0.1) is 0 Å². The van der Waals surface area contributed by atoms with Crippen LogP contribution >= 0.6 is 0 Å². The molecule has 2 N–H and O–H groups in total. The van der Waals surface area contributed by atoms with Crippen molar-refractivity contribution in [3.8, 4) is 5.75 Å². The van der Waals surface area contributed by atoms with Crippen molar-refractivity contribution in [3.05, 3.63) is 29.8 Å². The zero-order chi connectivity index (χ0) is 10.7. The lowest BCUT2D eigenvalue weighted by atomic mass is 10.1. The number of rotatable bonds is 3. The van der Waals surface area contributed by atoms with Crippen molar-refractivity contribution < 1.29 is 14.6 Å². The third kappa shape index (κ3) is 2.70. The third-order valence-corrected chi connectivity index (χ3v) is 2.28. The van der Waals surface area contributed by atoms with Crippen LogP contribution in [0.2, 0.25) is 0 Å². The third-order valence-electron chi connectivity index (χ3n) is 2.28. The first-order chi connectivity index (χ1) is 7.24. The highest BCUT2D eigenvalue weighted by Gasteiger charge is 2.20. The molecule has 0 spiro atoms. The number of benzene rings is 1. The van der Waals surface area contributed by atoms with Gasteiger partial charge < -0.3 is 15.2 Å². The Morgan fingerprint density at radius 1 is 1.53 bits per heavy atom. The molecule has 4 heteroatoms. The van der Waals surface area contributed by atoms with Gasteiger partial charge in [-0.05, 0) is 17.7 Å². The fourth-order valence-corrected chi connectivity index (χ4v) is 1.45. The summed E-state index contributed by atoms with van der Waals surface area (Å²) in [6.07, 6.45) is 0.297. The number of carbonyl (C=O) groups excluding carboxylic acids is 1. The summed E-state index contributed by atoms with van der Waals surface area (Å²) in [4.78, 5) is 11.5. The Hall–Kier alpha value is -1.55. The molecule has 1 aromatic carbocycles. The van der Waals surface area contributed by atoms with Gasteiger partial charge in [0, 0.05) is 0 Å². The van der Waals surface area contributed by atoms with Crippen molar-refractivity contribution in [1.82, 2.24) is 5.32 Å². The molecule has 0 aliphatic carbocycles. The monoisotopic (exact) mass is 207 g/mol. The molecule has 0 atom stereocenters. The van der Waals surface area contributed by atoms with Gasteiger partial charge in [0.1, 0.15) is 5.75 Å². The lowest BCUT2D eigenvalue weighted by Crippen LogP contribution is -2.49. The fraction of sp³-hybridized carbons (Fsp3) is 0.364. The van der Waals surface area contributed by atoms with Crippen LogP contribution in [0.15, 0.2) is 24.3 Å². The fourth-order valence-electron chi connectivity index (χ4n) is 1.45. The minimum absolute atomic E-state index is 0.0334. The lowest BCUT2D eigenvalue weighted by molar-refractivity contribution is -0.124. The highest BCUT2D eigenvalue weighted by atomic mass is 16.5. The van der Waals surface area contributed by atoms with E-state index in [1.807, 2.05) is 6.07 Å². The summed E-state index contributed by atoms with van der Waals surface area (Å²) in [7, 11) is 0. The molecule has 1 aromatic rings. The molecule has 0 radical (unpaired) electrons. The van der Waals surface area contributed by atoms with Crippen LogP contribution in [0.3, 0.4) is 0 Å². The molecule has 1 fully saturated rings. The van der Waals surface area contributed by atoms with E-state index in [9.17, 15) is 9.90 Å². The van der Waals surface area contributed by atoms with Gasteiger partial charge in [0.05, 0.1) is 25.7 Å². The second kappa shape index (κ2) is 4.31. The summed E-state index contributed by atoms with van der Waals surface area (Å²) >= 11 is 0. The average Bonchev–Trinajstić information content (AvgIpc) is 2.11. The van der Waals surface area contributed by atoms with Crippen LogP contribution in [0.5, 0.6) is 5.75 Å². The summed E-state index contributed by atoms with van der Waals surface area (Å²) < 4.78 is 4.95. The van der Waals surface area contributed by atoms with E-state index in [1.54, 1.807) is 18.2 Å². The standard InChI is InChI=1S/C11H13NO3/c13-10-3-1-2-8(4-10)5-11(14)12-9-6-15-7-9/h1-4,9,13H,5-7H2,(H,12,14). The van der Waals surface area contributed by atoms with Gasteiger partial charge >= 0.3 is 0 Å². The largest absolute Gasteiger partial charge is 0.508 e. The Balaban J connectivity index is 1.87. The molecule has 0 unspecified atom stereocenters. The van der Waals surface area contributed by atoms with Crippen LogP contribution in [-0.2, 0) is 16.0 Å². The zero-order valence-corrected chi connectivity index (χ0v) is 8.27. The Bertz CT molecular complexity index is 361. The Labute approximate surface area is 87.9 Å². The first-order valence-electron chi connectivity index (χ1n) is 4.89. The minimum Gasteiger partial charge on any atom is -0.508 e. The van der Waals surface area contributed by atoms with E-state index in [2.05, 4.69) is 5.32 Å². The topological polar surface area (TPSA) is 58.6 Å². The maximum Gasteiger partial charge on any atom is 0.224 e. The SMILES string of the molecule is O=C(Cc1cccc(O)c1)NC1COC1. The minimum atomic E-state index is -0.0334. The number of ether oxygens (including phenoxy) is 1. The first kappa shape index (κ1) is 9.98. The second-order valence-corrected chi connectivity index (χ2v) is 3.65. The van der Waals surface area contributed by atoms with E-state index in [-0.39, 0.29) is 17.7 Å². The summed E-state index contributed by atoms with van der Waals surface area (Å²) in [5.74, 6) is 0.154. The predicted octanol–water partition coefficient (Wildman–Crippen LogP) is 0.450. The molecule has 1 heterocycles. The average molecular weight is 207 g/mol. The van der Waals surface area contributed by atoms with Gasteiger partial charge in [-0.3, -0.25) is 4.79 Å². The number of hydrogen-bond acceptors (Lipinski definition) is 3. The van der Waals surface area contributed by atoms with Crippen molar-refractivity contribution in [2.45, 2.75) is 12.5 Å². The van der Waals surface area contributed by atoms with Gasteiger partial charge in [0.2, 0.25) is 5.91 Å². The van der Waals surface area contributed by atoms with Crippen LogP contribution in [-0.4, -0.2) is 30.3 Å². The van der Waals surface area contributed by atoms with Crippen LogP contribution in [0.1, 0.15) is 5.56 Å². The molecule has 2 rings (SSSR count). The van der Waals surface area contributed by atoms with Crippen LogP contribution in [0.4, 0.5) is 0 Å². The van der Waals surface area contributed by atoms with E-state index in [0.717, 1.165) is 5.56 Å². The molecular weight excluding hydrogens is 194 g/mol. The van der Waals surface area contributed by atoms with E-state index in [1.165, 1.54) is 0 Å². The number of hydrogen-bond donors (Lipinski definition) is 2. The van der Waals surface area contributed by atoms with Gasteiger partial charge in [-0.1, -0.05) is 12.1 Å². The van der Waals surface area contributed by atoms with Crippen LogP contribution < -0.4 is 5.32 Å². The number of phenols is 1. The van der Waals surface area contributed by atoms with Crippen molar-refractivity contribution in [1.29, 1.82) is 0 Å². The van der Waals surface area contributed by atoms with Crippen molar-refractivity contribution in [2.75, 3.05) is 13.2 Å². The van der Waals surface area contributed by atoms with Crippen LogP contribution in [0.25, 0.3) is 0 Å². The molecule has 0 saturated carbocycles. The lowest BCUT2D eigenvalue weighted by Gasteiger charge is -2.26. The molecule has 15 heavy (non-hydrogen) atoms. The van der Waals surface area contributed by atoms with Crippen molar-refractivity contribution >= 4 is 5.91 Å². The molecule has 1 amide bonds. The van der Waals surface area contributed by atoms with Crippen molar-refractivity contribution in [2.24, 2.45) is 0 Å². The summed E-state index contributed by atoms with van der Waals surface area (Å²) in [6, 6.07) is 6.88. The molecule has 0 aromatic heterocycles. The Kier molecular flexibility index (Phi) is 2.87. The second-order valence-electron chi connectivity index (χ2n) is 3.65. The molecule has 4 nitrogen and oxygen atoms in total. The maximum absolute atomic E-state index is 11.5. The van der Waals surface area contributed by atoms with E-state index in [4.69, 9.17) is 4.74 Å². The van der Waals surface area contributed by atoms with Crippen molar-refractivity contribution in [3.63, 3.8) is 0 Å². The molecule has 1 aliphatic heterocycles. The summed E-state index contributed by atoms with van der Waals surface area (Å²) in [5, 5.41) is 12.1. The quantitative estimate of drug-likeness (QED) is 0.756. The number of aromatic hydroxyl groups is 1. The number of carbonyl (C=O) groups is 1. The highest BCUT2D eigenvalue weighted by molar-refractivity contribution is 5.79. The Morgan fingerprint density at radius 2 is 2.33 bits per heavy atom. The van der Waals surface area contributed by atoms with E-state index in [0.29, 0.717) is 19.6 Å². The molecular formula is C11H13NO3. The molecule has 1 saturated heterocycles. The number of nitrogens with one attached hydrogen (secondary N) is 1. The Morgan fingerprint density at radius 3 is 2.93 bits per heavy atom. The molecule has 1 aliphatic rings. The number of amides is 1. The maximum atomic E-state index is 11.5. The normalized spacial score (nSPS) is 15.7. The van der Waals surface area contributed by atoms with E-state index < -0.39 is 0 Å². The highest BCUT2D eigenvalue weighted by Crippen LogP contribution is 2.11. The van der Waals surface area contributed by atoms with E-state index >= 15 is 0 Å².